The van der Waals surface area contributed by atoms with Crippen molar-refractivity contribution >= 4 is 0 Å². The van der Waals surface area contributed by atoms with Crippen LogP contribution in [0.25, 0.3) is 0 Å². The Labute approximate surface area is 109 Å². The molecule has 108 valence electrons. The van der Waals surface area contributed by atoms with Gasteiger partial charge in [-0.1, -0.05) is 6.07 Å². The molecule has 1 rings (SSSR count). The lowest BCUT2D eigenvalue weighted by atomic mass is 10.00. The summed E-state index contributed by atoms with van der Waals surface area (Å²) in [4.78, 5) is 0. The van der Waals surface area contributed by atoms with Crippen LogP contribution in [-0.4, -0.2) is 32.9 Å². The van der Waals surface area contributed by atoms with E-state index >= 15 is 0 Å². The van der Waals surface area contributed by atoms with E-state index in [1.807, 2.05) is 0 Å². The molecule has 0 radical (unpaired) electrons. The zero-order chi connectivity index (χ0) is 14.6. The van der Waals surface area contributed by atoms with Gasteiger partial charge in [-0.15, -0.1) is 0 Å². The minimum absolute atomic E-state index is 0.00143. The van der Waals surface area contributed by atoms with Crippen molar-refractivity contribution in [1.82, 2.24) is 5.32 Å². The topological polar surface area (TPSA) is 50.7 Å². The van der Waals surface area contributed by atoms with Gasteiger partial charge >= 0.3 is 6.18 Å². The number of nitrogens with one attached hydrogen (secondary N) is 1. The van der Waals surface area contributed by atoms with Crippen molar-refractivity contribution in [1.29, 1.82) is 0 Å². The summed E-state index contributed by atoms with van der Waals surface area (Å²) in [6, 6.07) is 2.52. The average molecular weight is 279 g/mol. The summed E-state index contributed by atoms with van der Waals surface area (Å²) < 4.78 is 49.1. The number of aliphatic hydroxyl groups excluding tert-OH is 1. The molecule has 0 saturated heterocycles. The standard InChI is InChI=1S/C12H16F3NO3/c1-16-6-8(17)7-4-5-9(18-2)11(19-3)10(7)12(13,14)15/h4-5,8,16-17H,6H2,1-3H3/t8-/m0/s1. The van der Waals surface area contributed by atoms with Crippen molar-refractivity contribution in [3.63, 3.8) is 0 Å². The quantitative estimate of drug-likeness (QED) is 0.865. The van der Waals surface area contributed by atoms with E-state index in [1.54, 1.807) is 0 Å². The Kier molecular flexibility index (Phi) is 5.02. The molecule has 1 atom stereocenters. The molecule has 7 heteroatoms. The van der Waals surface area contributed by atoms with Gasteiger partial charge in [0.2, 0.25) is 0 Å². The predicted molar refractivity (Wildman–Crippen MR) is 63.4 cm³/mol. The fourth-order valence-corrected chi connectivity index (χ4v) is 1.82. The Bertz CT molecular complexity index is 435. The van der Waals surface area contributed by atoms with E-state index in [9.17, 15) is 18.3 Å². The van der Waals surface area contributed by atoms with Gasteiger partial charge in [-0.3, -0.25) is 0 Å². The van der Waals surface area contributed by atoms with Gasteiger partial charge in [-0.05, 0) is 18.7 Å². The van der Waals surface area contributed by atoms with Crippen molar-refractivity contribution in [2.75, 3.05) is 27.8 Å². The first-order valence-electron chi connectivity index (χ1n) is 5.51. The van der Waals surface area contributed by atoms with Crippen LogP contribution in [0, 0.1) is 0 Å². The molecule has 0 heterocycles. The summed E-state index contributed by atoms with van der Waals surface area (Å²) in [7, 11) is 3.92. The minimum atomic E-state index is -4.65. The molecular weight excluding hydrogens is 263 g/mol. The highest BCUT2D eigenvalue weighted by atomic mass is 19.4. The number of halogens is 3. The molecular formula is C12H16F3NO3. The minimum Gasteiger partial charge on any atom is -0.493 e. The monoisotopic (exact) mass is 279 g/mol. The molecule has 19 heavy (non-hydrogen) atoms. The first kappa shape index (κ1) is 15.6. The number of hydrogen-bond donors (Lipinski definition) is 2. The summed E-state index contributed by atoms with van der Waals surface area (Å²) in [6.07, 6.45) is -5.94. The first-order valence-corrected chi connectivity index (χ1v) is 5.51. The third kappa shape index (κ3) is 3.30. The summed E-state index contributed by atoms with van der Waals surface area (Å²) >= 11 is 0. The molecule has 0 bridgehead atoms. The molecule has 0 saturated carbocycles. The van der Waals surface area contributed by atoms with E-state index < -0.39 is 23.6 Å². The fraction of sp³-hybridized carbons (Fsp3) is 0.500. The number of alkyl halides is 3. The predicted octanol–water partition coefficient (Wildman–Crippen LogP) is 1.98. The molecule has 4 nitrogen and oxygen atoms in total. The van der Waals surface area contributed by atoms with Crippen LogP contribution < -0.4 is 14.8 Å². The second kappa shape index (κ2) is 6.12. The summed E-state index contributed by atoms with van der Waals surface area (Å²) in [5, 5.41) is 12.4. The molecule has 1 aromatic carbocycles. The van der Waals surface area contributed by atoms with Crippen LogP contribution in [0.3, 0.4) is 0 Å². The van der Waals surface area contributed by atoms with E-state index in [1.165, 1.54) is 26.3 Å². The van der Waals surface area contributed by atoms with Crippen LogP contribution in [0.2, 0.25) is 0 Å². The van der Waals surface area contributed by atoms with Crippen LogP contribution in [0.1, 0.15) is 17.2 Å². The van der Waals surface area contributed by atoms with Crippen LogP contribution in [0.15, 0.2) is 12.1 Å². The van der Waals surface area contributed by atoms with Gasteiger partial charge in [0.25, 0.3) is 0 Å². The Morgan fingerprint density at radius 1 is 1.26 bits per heavy atom. The molecule has 0 aliphatic carbocycles. The van der Waals surface area contributed by atoms with E-state index in [-0.39, 0.29) is 17.9 Å². The number of aliphatic hydroxyl groups is 1. The molecule has 0 fully saturated rings. The molecule has 0 amide bonds. The molecule has 1 aromatic rings. The van der Waals surface area contributed by atoms with E-state index in [2.05, 4.69) is 5.32 Å². The second-order valence-electron chi connectivity index (χ2n) is 3.84. The zero-order valence-corrected chi connectivity index (χ0v) is 10.8. The van der Waals surface area contributed by atoms with Gasteiger partial charge in [0.1, 0.15) is 5.56 Å². The SMILES string of the molecule is CNC[C@H](O)c1ccc(OC)c(OC)c1C(F)(F)F. The summed E-state index contributed by atoms with van der Waals surface area (Å²) in [5.74, 6) is -0.460. The maximum atomic E-state index is 13.1. The number of benzene rings is 1. The molecule has 0 spiro atoms. The summed E-state index contributed by atoms with van der Waals surface area (Å²) in [6.45, 7) is -0.00143. The van der Waals surface area contributed by atoms with Gasteiger partial charge in [-0.25, -0.2) is 0 Å². The van der Waals surface area contributed by atoms with Crippen molar-refractivity contribution in [3.05, 3.63) is 23.3 Å². The van der Waals surface area contributed by atoms with E-state index in [4.69, 9.17) is 9.47 Å². The van der Waals surface area contributed by atoms with Crippen LogP contribution in [0.4, 0.5) is 13.2 Å². The highest BCUT2D eigenvalue weighted by Crippen LogP contribution is 2.45. The molecule has 0 aliphatic heterocycles. The third-order valence-corrected chi connectivity index (χ3v) is 2.62. The van der Waals surface area contributed by atoms with Gasteiger partial charge in [0.05, 0.1) is 20.3 Å². The zero-order valence-electron chi connectivity index (χ0n) is 10.8. The Balaban J connectivity index is 3.47. The molecule has 2 N–H and O–H groups in total. The lowest BCUT2D eigenvalue weighted by molar-refractivity contribution is -0.140. The number of likely N-dealkylation sites (N-methyl/N-ethyl adjacent to an activating group) is 1. The number of methoxy groups -OCH3 is 2. The largest absolute Gasteiger partial charge is 0.493 e. The van der Waals surface area contributed by atoms with Crippen LogP contribution in [-0.2, 0) is 6.18 Å². The number of ether oxygens (including phenoxy) is 2. The normalized spacial score (nSPS) is 13.2. The lowest BCUT2D eigenvalue weighted by Crippen LogP contribution is -2.21. The maximum Gasteiger partial charge on any atom is 0.420 e. The second-order valence-corrected chi connectivity index (χ2v) is 3.84. The van der Waals surface area contributed by atoms with Crippen LogP contribution in [0.5, 0.6) is 11.5 Å². The van der Waals surface area contributed by atoms with Crippen LogP contribution >= 0.6 is 0 Å². The Morgan fingerprint density at radius 2 is 1.89 bits per heavy atom. The van der Waals surface area contributed by atoms with Crippen molar-refractivity contribution in [2.45, 2.75) is 12.3 Å². The smallest absolute Gasteiger partial charge is 0.420 e. The Hall–Kier alpha value is -1.47. The van der Waals surface area contributed by atoms with Crippen molar-refractivity contribution < 1.29 is 27.8 Å². The van der Waals surface area contributed by atoms with Crippen molar-refractivity contribution in [2.24, 2.45) is 0 Å². The molecule has 0 aromatic heterocycles. The third-order valence-electron chi connectivity index (χ3n) is 2.62. The van der Waals surface area contributed by atoms with E-state index in [0.29, 0.717) is 0 Å². The number of rotatable bonds is 5. The summed E-state index contributed by atoms with van der Waals surface area (Å²) in [5.41, 5.74) is -1.27. The van der Waals surface area contributed by atoms with Gasteiger partial charge < -0.3 is 19.9 Å². The first-order chi connectivity index (χ1) is 8.86. The molecule has 0 aliphatic rings. The maximum absolute atomic E-state index is 13.1. The average Bonchev–Trinajstić information content (AvgIpc) is 2.35. The van der Waals surface area contributed by atoms with Gasteiger partial charge in [0.15, 0.2) is 11.5 Å². The fourth-order valence-electron chi connectivity index (χ4n) is 1.82. The number of hydrogen-bond acceptors (Lipinski definition) is 4. The lowest BCUT2D eigenvalue weighted by Gasteiger charge is -2.21. The molecule has 0 unspecified atom stereocenters. The van der Waals surface area contributed by atoms with Gasteiger partial charge in [-0.2, -0.15) is 13.2 Å². The van der Waals surface area contributed by atoms with Crippen molar-refractivity contribution in [3.8, 4) is 11.5 Å². The Morgan fingerprint density at radius 3 is 2.32 bits per heavy atom. The van der Waals surface area contributed by atoms with E-state index in [0.717, 1.165) is 7.11 Å². The highest BCUT2D eigenvalue weighted by Gasteiger charge is 2.40. The van der Waals surface area contributed by atoms with Gasteiger partial charge in [0, 0.05) is 6.54 Å². The highest BCUT2D eigenvalue weighted by molar-refractivity contribution is 5.53.